The molecule has 2 N–H and O–H groups in total. The summed E-state index contributed by atoms with van der Waals surface area (Å²) in [6.07, 6.45) is 4.18. The molecule has 0 unspecified atom stereocenters. The zero-order valence-electron chi connectivity index (χ0n) is 14.9. The molecule has 0 radical (unpaired) electrons. The van der Waals surface area contributed by atoms with Crippen LogP contribution in [-0.4, -0.2) is 52.7 Å². The maximum atomic E-state index is 12.6. The van der Waals surface area contributed by atoms with Crippen LogP contribution in [0, 0.1) is 0 Å². The molecule has 1 aromatic carbocycles. The van der Waals surface area contributed by atoms with E-state index in [1.165, 1.54) is 12.1 Å². The first-order valence-corrected chi connectivity index (χ1v) is 10.2. The first-order chi connectivity index (χ1) is 12.2. The van der Waals surface area contributed by atoms with Crippen molar-refractivity contribution >= 4 is 33.0 Å². The van der Waals surface area contributed by atoms with Crippen molar-refractivity contribution in [3.05, 3.63) is 46.9 Å². The van der Waals surface area contributed by atoms with Crippen molar-refractivity contribution in [1.82, 2.24) is 10.2 Å². The van der Waals surface area contributed by atoms with Gasteiger partial charge in [0.05, 0.1) is 28.0 Å². The van der Waals surface area contributed by atoms with Crippen molar-refractivity contribution < 1.29 is 17.6 Å². The van der Waals surface area contributed by atoms with E-state index >= 15 is 0 Å². The molecule has 0 aliphatic heterocycles. The average molecular weight is 400 g/mol. The number of rotatable bonds is 8. The van der Waals surface area contributed by atoms with Crippen molar-refractivity contribution in [3.63, 3.8) is 0 Å². The molecule has 0 spiro atoms. The van der Waals surface area contributed by atoms with E-state index in [0.717, 1.165) is 11.8 Å². The number of carbonyl (C=O) groups is 1. The van der Waals surface area contributed by atoms with Crippen molar-refractivity contribution in [1.29, 1.82) is 0 Å². The number of likely N-dealkylation sites (N-methyl/N-ethyl adjacent to an activating group) is 1. The van der Waals surface area contributed by atoms with Crippen molar-refractivity contribution in [2.75, 3.05) is 38.8 Å². The molecule has 9 heteroatoms. The number of furan rings is 1. The van der Waals surface area contributed by atoms with Gasteiger partial charge in [0.25, 0.3) is 5.91 Å². The third-order valence-electron chi connectivity index (χ3n) is 3.62. The number of amides is 1. The summed E-state index contributed by atoms with van der Waals surface area (Å²) in [6, 6.07) is 4.55. The van der Waals surface area contributed by atoms with E-state index in [0.29, 0.717) is 25.3 Å². The number of carbonyl (C=O) groups excluding carboxylic acids is 1. The minimum Gasteiger partial charge on any atom is -0.472 e. The molecule has 0 aliphatic carbocycles. The summed E-state index contributed by atoms with van der Waals surface area (Å²) in [5, 5.41) is 5.95. The van der Waals surface area contributed by atoms with Gasteiger partial charge in [-0.2, -0.15) is 0 Å². The van der Waals surface area contributed by atoms with Gasteiger partial charge in [-0.3, -0.25) is 4.79 Å². The molecule has 0 saturated carbocycles. The summed E-state index contributed by atoms with van der Waals surface area (Å²) in [6.45, 7) is 1.50. The van der Waals surface area contributed by atoms with E-state index < -0.39 is 9.84 Å². The molecule has 0 bridgehead atoms. The van der Waals surface area contributed by atoms with E-state index in [9.17, 15) is 13.2 Å². The second kappa shape index (κ2) is 8.57. The quantitative estimate of drug-likeness (QED) is 0.707. The molecule has 0 saturated heterocycles. The third-order valence-corrected chi connectivity index (χ3v) is 5.19. The number of anilines is 1. The number of benzene rings is 1. The fraction of sp³-hybridized carbons (Fsp3) is 0.353. The van der Waals surface area contributed by atoms with Gasteiger partial charge in [0, 0.05) is 37.1 Å². The number of nitrogens with one attached hydrogen (secondary N) is 2. The summed E-state index contributed by atoms with van der Waals surface area (Å²) in [5.74, 6) is -0.372. The van der Waals surface area contributed by atoms with Gasteiger partial charge in [-0.05, 0) is 32.3 Å². The van der Waals surface area contributed by atoms with Crippen LogP contribution in [0.25, 0.3) is 0 Å². The van der Waals surface area contributed by atoms with Gasteiger partial charge >= 0.3 is 0 Å². The Labute approximate surface area is 158 Å². The minimum atomic E-state index is -3.56. The normalized spacial score (nSPS) is 11.6. The van der Waals surface area contributed by atoms with E-state index in [1.807, 2.05) is 19.0 Å². The number of hydrogen-bond donors (Lipinski definition) is 2. The van der Waals surface area contributed by atoms with Gasteiger partial charge < -0.3 is 20.0 Å². The van der Waals surface area contributed by atoms with Crippen LogP contribution < -0.4 is 10.6 Å². The van der Waals surface area contributed by atoms with Crippen molar-refractivity contribution in [3.8, 4) is 0 Å². The zero-order chi connectivity index (χ0) is 19.3. The SMILES string of the molecule is CN(C)CCNC(=O)c1cc(S(C)(=O)=O)c(Cl)cc1NCc1ccoc1. The summed E-state index contributed by atoms with van der Waals surface area (Å²) in [7, 11) is 0.233. The highest BCUT2D eigenvalue weighted by molar-refractivity contribution is 7.90. The molecule has 0 atom stereocenters. The minimum absolute atomic E-state index is 0.0621. The molecule has 142 valence electrons. The fourth-order valence-corrected chi connectivity index (χ4v) is 3.58. The van der Waals surface area contributed by atoms with Gasteiger partial charge in [0.2, 0.25) is 0 Å². The Hall–Kier alpha value is -2.03. The Morgan fingerprint density at radius 1 is 1.31 bits per heavy atom. The molecule has 2 aromatic rings. The van der Waals surface area contributed by atoms with Crippen LogP contribution in [0.3, 0.4) is 0 Å². The maximum absolute atomic E-state index is 12.6. The molecule has 7 nitrogen and oxygen atoms in total. The summed E-state index contributed by atoms with van der Waals surface area (Å²) >= 11 is 6.12. The molecular weight excluding hydrogens is 378 g/mol. The summed E-state index contributed by atoms with van der Waals surface area (Å²) in [4.78, 5) is 14.4. The standard InChI is InChI=1S/C17H22ClN3O4S/c1-21(2)6-5-19-17(22)13-8-16(26(3,23)24)14(18)9-15(13)20-10-12-4-7-25-11-12/h4,7-9,11,20H,5-6,10H2,1-3H3,(H,19,22). The fourth-order valence-electron chi connectivity index (χ4n) is 2.25. The second-order valence-electron chi connectivity index (χ2n) is 6.14. The lowest BCUT2D eigenvalue weighted by Crippen LogP contribution is -2.31. The lowest BCUT2D eigenvalue weighted by Gasteiger charge is -2.15. The Balaban J connectivity index is 2.31. The summed E-state index contributed by atoms with van der Waals surface area (Å²) in [5.41, 5.74) is 1.55. The van der Waals surface area contributed by atoms with Gasteiger partial charge in [-0.25, -0.2) is 8.42 Å². The molecular formula is C17H22ClN3O4S. The van der Waals surface area contributed by atoms with Crippen LogP contribution in [-0.2, 0) is 16.4 Å². The van der Waals surface area contributed by atoms with E-state index in [2.05, 4.69) is 10.6 Å². The van der Waals surface area contributed by atoms with Crippen molar-refractivity contribution in [2.24, 2.45) is 0 Å². The first-order valence-electron chi connectivity index (χ1n) is 7.90. The highest BCUT2D eigenvalue weighted by Crippen LogP contribution is 2.29. The molecule has 0 fully saturated rings. The molecule has 1 aromatic heterocycles. The number of halogens is 1. The first kappa shape index (κ1) is 20.3. The highest BCUT2D eigenvalue weighted by atomic mass is 35.5. The van der Waals surface area contributed by atoms with Gasteiger partial charge in [0.1, 0.15) is 0 Å². The van der Waals surface area contributed by atoms with Crippen LogP contribution in [0.15, 0.2) is 40.0 Å². The lowest BCUT2D eigenvalue weighted by atomic mass is 10.1. The Bertz CT molecular complexity index is 864. The maximum Gasteiger partial charge on any atom is 0.253 e. The predicted molar refractivity (Wildman–Crippen MR) is 101 cm³/mol. The molecule has 2 rings (SSSR count). The Kier molecular flexibility index (Phi) is 6.69. The monoisotopic (exact) mass is 399 g/mol. The van der Waals surface area contributed by atoms with Gasteiger partial charge in [-0.1, -0.05) is 11.6 Å². The summed E-state index contributed by atoms with van der Waals surface area (Å²) < 4.78 is 28.9. The molecule has 26 heavy (non-hydrogen) atoms. The largest absolute Gasteiger partial charge is 0.472 e. The van der Waals surface area contributed by atoms with Gasteiger partial charge in [-0.15, -0.1) is 0 Å². The predicted octanol–water partition coefficient (Wildman–Crippen LogP) is 2.24. The number of nitrogens with zero attached hydrogens (tertiary/aromatic N) is 1. The average Bonchev–Trinajstić information content (AvgIpc) is 3.04. The van der Waals surface area contributed by atoms with Crippen LogP contribution in [0.2, 0.25) is 5.02 Å². The lowest BCUT2D eigenvalue weighted by molar-refractivity contribution is 0.0951. The molecule has 1 heterocycles. The second-order valence-corrected chi connectivity index (χ2v) is 8.54. The number of sulfone groups is 1. The van der Waals surface area contributed by atoms with Crippen LogP contribution >= 0.6 is 11.6 Å². The highest BCUT2D eigenvalue weighted by Gasteiger charge is 2.20. The van der Waals surface area contributed by atoms with E-state index in [4.69, 9.17) is 16.0 Å². The van der Waals surface area contributed by atoms with Crippen LogP contribution in [0.5, 0.6) is 0 Å². The smallest absolute Gasteiger partial charge is 0.253 e. The Morgan fingerprint density at radius 2 is 2.04 bits per heavy atom. The van der Waals surface area contributed by atoms with Crippen LogP contribution in [0.1, 0.15) is 15.9 Å². The van der Waals surface area contributed by atoms with Crippen molar-refractivity contribution in [2.45, 2.75) is 11.4 Å². The topological polar surface area (TPSA) is 91.7 Å². The van der Waals surface area contributed by atoms with Crippen LogP contribution in [0.4, 0.5) is 5.69 Å². The van der Waals surface area contributed by atoms with E-state index in [-0.39, 0.29) is 21.4 Å². The number of hydrogen-bond acceptors (Lipinski definition) is 6. The molecule has 0 aliphatic rings. The molecule has 1 amide bonds. The van der Waals surface area contributed by atoms with Gasteiger partial charge in [0.15, 0.2) is 9.84 Å². The van der Waals surface area contributed by atoms with E-state index in [1.54, 1.807) is 18.6 Å². The zero-order valence-corrected chi connectivity index (χ0v) is 16.4. The Morgan fingerprint density at radius 3 is 2.62 bits per heavy atom. The third kappa shape index (κ3) is 5.48.